The van der Waals surface area contributed by atoms with Gasteiger partial charge in [-0.15, -0.1) is 11.3 Å². The van der Waals surface area contributed by atoms with Gasteiger partial charge in [0, 0.05) is 11.4 Å². The minimum atomic E-state index is -0.502. The molecule has 0 saturated carbocycles. The number of rotatable bonds is 5. The number of carbonyl (C=O) groups excluding carboxylic acids is 2. The second-order valence-corrected chi connectivity index (χ2v) is 6.12. The lowest BCUT2D eigenvalue weighted by molar-refractivity contribution is -0.121. The zero-order valence-corrected chi connectivity index (χ0v) is 12.6. The van der Waals surface area contributed by atoms with E-state index in [0.717, 1.165) is 11.3 Å². The van der Waals surface area contributed by atoms with Crippen LogP contribution in [0.3, 0.4) is 0 Å². The number of halogens is 1. The molecule has 2 aromatic rings. The number of nitrogens with zero attached hydrogens (tertiary/aromatic N) is 1. The fourth-order valence-electron chi connectivity index (χ4n) is 2.48. The molecule has 1 aliphatic heterocycles. The lowest BCUT2D eigenvalue weighted by Crippen LogP contribution is -2.39. The zero-order chi connectivity index (χ0) is 15.5. The van der Waals surface area contributed by atoms with Crippen LogP contribution in [0.5, 0.6) is 0 Å². The first-order chi connectivity index (χ1) is 10.6. The molecule has 6 heteroatoms. The molecule has 1 saturated heterocycles. The summed E-state index contributed by atoms with van der Waals surface area (Å²) in [5.74, 6) is -0.929. The van der Waals surface area contributed by atoms with Crippen molar-refractivity contribution in [3.63, 3.8) is 0 Å². The average Bonchev–Trinajstić information content (AvgIpc) is 3.10. The van der Waals surface area contributed by atoms with Gasteiger partial charge in [0.05, 0.1) is 18.2 Å². The van der Waals surface area contributed by atoms with E-state index < -0.39 is 11.9 Å². The van der Waals surface area contributed by atoms with Gasteiger partial charge in [-0.2, -0.15) is 0 Å². The summed E-state index contributed by atoms with van der Waals surface area (Å²) in [6.45, 7) is 0.640. The maximum absolute atomic E-state index is 12.9. The van der Waals surface area contributed by atoms with Crippen molar-refractivity contribution in [3.8, 4) is 0 Å². The molecule has 0 aliphatic carbocycles. The molecule has 2 heterocycles. The molecular weight excluding hydrogens is 303 g/mol. The summed E-state index contributed by atoms with van der Waals surface area (Å²) in [4.78, 5) is 26.8. The van der Waals surface area contributed by atoms with Crippen molar-refractivity contribution in [1.29, 1.82) is 0 Å². The third kappa shape index (κ3) is 3.08. The van der Waals surface area contributed by atoms with E-state index in [1.165, 1.54) is 29.1 Å². The Kier molecular flexibility index (Phi) is 4.31. The predicted molar refractivity (Wildman–Crippen MR) is 83.3 cm³/mol. The summed E-state index contributed by atoms with van der Waals surface area (Å²) >= 11 is 1.67. The van der Waals surface area contributed by atoms with Crippen molar-refractivity contribution in [2.45, 2.75) is 18.9 Å². The van der Waals surface area contributed by atoms with Crippen LogP contribution >= 0.6 is 11.3 Å². The lowest BCUT2D eigenvalue weighted by atomic mass is 10.2. The number of carbonyl (C=O) groups is 2. The molecule has 1 N–H and O–H groups in total. The molecule has 1 atom stereocenters. The Morgan fingerprint density at radius 1 is 1.23 bits per heavy atom. The molecule has 1 fully saturated rings. The SMILES string of the molecule is O=C1C[C@@H](NCCc2cccs2)C(=O)N1c1ccc(F)cc1. The first kappa shape index (κ1) is 14.9. The summed E-state index contributed by atoms with van der Waals surface area (Å²) in [6, 6.07) is 8.90. The molecule has 1 aliphatic rings. The van der Waals surface area contributed by atoms with Gasteiger partial charge in [-0.1, -0.05) is 6.07 Å². The number of hydrogen-bond donors (Lipinski definition) is 1. The number of thiophene rings is 1. The summed E-state index contributed by atoms with van der Waals surface area (Å²) in [5.41, 5.74) is 0.416. The quantitative estimate of drug-likeness (QED) is 0.861. The van der Waals surface area contributed by atoms with Crippen LogP contribution in [0, 0.1) is 5.82 Å². The molecule has 1 aromatic heterocycles. The van der Waals surface area contributed by atoms with E-state index in [2.05, 4.69) is 5.32 Å². The van der Waals surface area contributed by atoms with Gasteiger partial charge in [0.15, 0.2) is 0 Å². The molecule has 1 aromatic carbocycles. The smallest absolute Gasteiger partial charge is 0.251 e. The van der Waals surface area contributed by atoms with Crippen LogP contribution in [0.25, 0.3) is 0 Å². The third-order valence-corrected chi connectivity index (χ3v) is 4.51. The van der Waals surface area contributed by atoms with Crippen molar-refractivity contribution in [2.75, 3.05) is 11.4 Å². The first-order valence-corrected chi connectivity index (χ1v) is 7.91. The van der Waals surface area contributed by atoms with Crippen molar-refractivity contribution in [1.82, 2.24) is 5.32 Å². The van der Waals surface area contributed by atoms with E-state index in [0.29, 0.717) is 12.2 Å². The molecule has 0 radical (unpaired) electrons. The van der Waals surface area contributed by atoms with Crippen molar-refractivity contribution in [2.24, 2.45) is 0 Å². The standard InChI is InChI=1S/C16H15FN2O2S/c17-11-3-5-12(6-4-11)19-15(20)10-14(16(19)21)18-8-7-13-2-1-9-22-13/h1-6,9,14,18H,7-8,10H2/t14-/m1/s1. The second kappa shape index (κ2) is 6.37. The predicted octanol–water partition coefficient (Wildman–Crippen LogP) is 2.35. The minimum absolute atomic E-state index is 0.140. The summed E-state index contributed by atoms with van der Waals surface area (Å²) in [6.07, 6.45) is 0.965. The fraction of sp³-hybridized carbons (Fsp3) is 0.250. The van der Waals surface area contributed by atoms with Gasteiger partial charge in [-0.05, 0) is 42.1 Å². The van der Waals surface area contributed by atoms with Gasteiger partial charge in [0.1, 0.15) is 5.82 Å². The highest BCUT2D eigenvalue weighted by atomic mass is 32.1. The number of nitrogens with one attached hydrogen (secondary N) is 1. The maximum atomic E-state index is 12.9. The monoisotopic (exact) mass is 318 g/mol. The minimum Gasteiger partial charge on any atom is -0.305 e. The molecule has 4 nitrogen and oxygen atoms in total. The van der Waals surface area contributed by atoms with Gasteiger partial charge in [0.2, 0.25) is 5.91 Å². The normalized spacial score (nSPS) is 18.2. The number of benzene rings is 1. The van der Waals surface area contributed by atoms with Crippen LogP contribution in [0.1, 0.15) is 11.3 Å². The highest BCUT2D eigenvalue weighted by Crippen LogP contribution is 2.23. The molecule has 114 valence electrons. The van der Waals surface area contributed by atoms with E-state index >= 15 is 0 Å². The van der Waals surface area contributed by atoms with Gasteiger partial charge >= 0.3 is 0 Å². The van der Waals surface area contributed by atoms with E-state index in [1.807, 2.05) is 17.5 Å². The number of hydrogen-bond acceptors (Lipinski definition) is 4. The lowest BCUT2D eigenvalue weighted by Gasteiger charge is -2.15. The molecule has 0 spiro atoms. The van der Waals surface area contributed by atoms with Crippen LogP contribution in [0.4, 0.5) is 10.1 Å². The van der Waals surface area contributed by atoms with Crippen molar-refractivity contribution in [3.05, 3.63) is 52.5 Å². The topological polar surface area (TPSA) is 49.4 Å². The van der Waals surface area contributed by atoms with Crippen LogP contribution in [0.15, 0.2) is 41.8 Å². The van der Waals surface area contributed by atoms with Gasteiger partial charge < -0.3 is 5.32 Å². The molecular formula is C16H15FN2O2S. The van der Waals surface area contributed by atoms with E-state index in [1.54, 1.807) is 11.3 Å². The third-order valence-electron chi connectivity index (χ3n) is 3.57. The Labute approximate surface area is 131 Å². The highest BCUT2D eigenvalue weighted by molar-refractivity contribution is 7.09. The molecule has 2 amide bonds. The summed E-state index contributed by atoms with van der Waals surface area (Å²) in [7, 11) is 0. The Hall–Kier alpha value is -2.05. The number of imide groups is 1. The van der Waals surface area contributed by atoms with Crippen molar-refractivity contribution >= 4 is 28.8 Å². The number of anilines is 1. The molecule has 3 rings (SSSR count). The fourth-order valence-corrected chi connectivity index (χ4v) is 3.19. The van der Waals surface area contributed by atoms with E-state index in [4.69, 9.17) is 0 Å². The van der Waals surface area contributed by atoms with Crippen molar-refractivity contribution < 1.29 is 14.0 Å². The van der Waals surface area contributed by atoms with Crippen LogP contribution in [0.2, 0.25) is 0 Å². The molecule has 0 bridgehead atoms. The van der Waals surface area contributed by atoms with Crippen LogP contribution in [-0.2, 0) is 16.0 Å². The molecule has 22 heavy (non-hydrogen) atoms. The van der Waals surface area contributed by atoms with E-state index in [-0.39, 0.29) is 18.2 Å². The summed E-state index contributed by atoms with van der Waals surface area (Å²) in [5, 5.41) is 5.14. The first-order valence-electron chi connectivity index (χ1n) is 7.03. The Bertz CT molecular complexity index is 670. The average molecular weight is 318 g/mol. The zero-order valence-electron chi connectivity index (χ0n) is 11.8. The summed E-state index contributed by atoms with van der Waals surface area (Å²) < 4.78 is 12.9. The van der Waals surface area contributed by atoms with Crippen LogP contribution < -0.4 is 10.2 Å². The Balaban J connectivity index is 1.62. The maximum Gasteiger partial charge on any atom is 0.251 e. The molecule has 0 unspecified atom stereocenters. The van der Waals surface area contributed by atoms with Gasteiger partial charge in [-0.25, -0.2) is 9.29 Å². The van der Waals surface area contributed by atoms with Gasteiger partial charge in [-0.3, -0.25) is 9.59 Å². The van der Waals surface area contributed by atoms with Crippen LogP contribution in [-0.4, -0.2) is 24.4 Å². The van der Waals surface area contributed by atoms with E-state index in [9.17, 15) is 14.0 Å². The Morgan fingerprint density at radius 2 is 2.00 bits per heavy atom. The number of amides is 2. The highest BCUT2D eigenvalue weighted by Gasteiger charge is 2.39. The Morgan fingerprint density at radius 3 is 2.68 bits per heavy atom. The van der Waals surface area contributed by atoms with Gasteiger partial charge in [0.25, 0.3) is 5.91 Å². The largest absolute Gasteiger partial charge is 0.305 e. The second-order valence-electron chi connectivity index (χ2n) is 5.08.